The molecule has 2 aromatic carbocycles. The second-order valence-corrected chi connectivity index (χ2v) is 7.13. The molecule has 3 rings (SSSR count). The second-order valence-electron chi connectivity index (χ2n) is 7.13. The number of carbonyl (C=O) groups excluding carboxylic acids is 1. The Labute approximate surface area is 148 Å². The van der Waals surface area contributed by atoms with Gasteiger partial charge >= 0.3 is 0 Å². The van der Waals surface area contributed by atoms with Crippen LogP contribution in [0.4, 0.5) is 4.39 Å². The SMILES string of the molecule is CC(C)COc1cccc(C(=O)NC2(c3ccc(F)cc3)CCC2)c1. The minimum Gasteiger partial charge on any atom is -0.493 e. The zero-order chi connectivity index (χ0) is 17.9. The summed E-state index contributed by atoms with van der Waals surface area (Å²) < 4.78 is 18.9. The first-order chi connectivity index (χ1) is 12.0. The normalized spacial score (nSPS) is 15.5. The molecule has 0 aromatic heterocycles. The lowest BCUT2D eigenvalue weighted by Crippen LogP contribution is -2.50. The fraction of sp³-hybridized carbons (Fsp3) is 0.381. The van der Waals surface area contributed by atoms with E-state index in [1.165, 1.54) is 12.1 Å². The summed E-state index contributed by atoms with van der Waals surface area (Å²) in [6.07, 6.45) is 2.79. The van der Waals surface area contributed by atoms with E-state index in [0.717, 1.165) is 24.8 Å². The molecule has 0 radical (unpaired) electrons. The number of rotatable bonds is 6. The van der Waals surface area contributed by atoms with Gasteiger partial charge in [0.05, 0.1) is 12.1 Å². The third kappa shape index (κ3) is 4.01. The molecule has 25 heavy (non-hydrogen) atoms. The van der Waals surface area contributed by atoms with Gasteiger partial charge in [-0.15, -0.1) is 0 Å². The van der Waals surface area contributed by atoms with Crippen LogP contribution in [0, 0.1) is 11.7 Å². The van der Waals surface area contributed by atoms with Crippen molar-refractivity contribution in [3.63, 3.8) is 0 Å². The van der Waals surface area contributed by atoms with Crippen molar-refractivity contribution in [1.82, 2.24) is 5.32 Å². The number of nitrogens with one attached hydrogen (secondary N) is 1. The van der Waals surface area contributed by atoms with Gasteiger partial charge in [0.2, 0.25) is 0 Å². The Morgan fingerprint density at radius 1 is 1.20 bits per heavy atom. The molecule has 1 aliphatic rings. The second kappa shape index (κ2) is 7.26. The van der Waals surface area contributed by atoms with E-state index in [0.29, 0.717) is 23.8 Å². The molecular formula is C21H24FNO2. The van der Waals surface area contributed by atoms with Gasteiger partial charge in [0.15, 0.2) is 0 Å². The van der Waals surface area contributed by atoms with E-state index in [9.17, 15) is 9.18 Å². The van der Waals surface area contributed by atoms with Crippen molar-refractivity contribution in [2.45, 2.75) is 38.6 Å². The van der Waals surface area contributed by atoms with Crippen LogP contribution in [0.2, 0.25) is 0 Å². The summed E-state index contributed by atoms with van der Waals surface area (Å²) in [5, 5.41) is 3.16. The minimum atomic E-state index is -0.389. The lowest BCUT2D eigenvalue weighted by molar-refractivity contribution is 0.0823. The highest BCUT2D eigenvalue weighted by atomic mass is 19.1. The Morgan fingerprint density at radius 2 is 1.92 bits per heavy atom. The number of hydrogen-bond donors (Lipinski definition) is 1. The van der Waals surface area contributed by atoms with Crippen molar-refractivity contribution in [1.29, 1.82) is 0 Å². The van der Waals surface area contributed by atoms with Crippen LogP contribution in [0.1, 0.15) is 49.0 Å². The third-order valence-electron chi connectivity index (χ3n) is 4.64. The zero-order valence-electron chi connectivity index (χ0n) is 14.7. The Hall–Kier alpha value is -2.36. The van der Waals surface area contributed by atoms with E-state index in [1.54, 1.807) is 24.3 Å². The summed E-state index contributed by atoms with van der Waals surface area (Å²) in [4.78, 5) is 12.7. The Balaban J connectivity index is 1.74. The van der Waals surface area contributed by atoms with Gasteiger partial charge in [-0.1, -0.05) is 32.0 Å². The lowest BCUT2D eigenvalue weighted by Gasteiger charge is -2.43. The van der Waals surface area contributed by atoms with Crippen LogP contribution >= 0.6 is 0 Å². The van der Waals surface area contributed by atoms with Crippen LogP contribution in [0.3, 0.4) is 0 Å². The first-order valence-corrected chi connectivity index (χ1v) is 8.80. The maximum Gasteiger partial charge on any atom is 0.252 e. The average Bonchev–Trinajstić information content (AvgIpc) is 2.57. The molecule has 1 saturated carbocycles. The summed E-state index contributed by atoms with van der Waals surface area (Å²) in [7, 11) is 0. The average molecular weight is 341 g/mol. The molecule has 1 fully saturated rings. The summed E-state index contributed by atoms with van der Waals surface area (Å²) in [5.41, 5.74) is 1.15. The highest BCUT2D eigenvalue weighted by molar-refractivity contribution is 5.95. The molecule has 1 amide bonds. The fourth-order valence-electron chi connectivity index (χ4n) is 3.06. The van der Waals surface area contributed by atoms with Crippen LogP contribution in [0.5, 0.6) is 5.75 Å². The molecule has 0 saturated heterocycles. The van der Waals surface area contributed by atoms with E-state index in [-0.39, 0.29) is 17.3 Å². The molecule has 3 nitrogen and oxygen atoms in total. The summed E-state index contributed by atoms with van der Waals surface area (Å²) in [6.45, 7) is 4.78. The summed E-state index contributed by atoms with van der Waals surface area (Å²) in [5.74, 6) is 0.735. The van der Waals surface area contributed by atoms with E-state index in [2.05, 4.69) is 19.2 Å². The highest BCUT2D eigenvalue weighted by Crippen LogP contribution is 2.41. The fourth-order valence-corrected chi connectivity index (χ4v) is 3.06. The largest absolute Gasteiger partial charge is 0.493 e. The number of carbonyl (C=O) groups is 1. The van der Waals surface area contributed by atoms with Gasteiger partial charge in [-0.05, 0) is 61.1 Å². The standard InChI is InChI=1S/C21H24FNO2/c1-15(2)14-25-19-6-3-5-16(13-19)20(24)23-21(11-4-12-21)17-7-9-18(22)10-8-17/h3,5-10,13,15H,4,11-12,14H2,1-2H3,(H,23,24). The first kappa shape index (κ1) is 17.5. The van der Waals surface area contributed by atoms with Gasteiger partial charge in [-0.2, -0.15) is 0 Å². The molecule has 4 heteroatoms. The molecule has 1 N–H and O–H groups in total. The molecule has 0 bridgehead atoms. The van der Waals surface area contributed by atoms with E-state index in [1.807, 2.05) is 12.1 Å². The molecule has 0 unspecified atom stereocenters. The predicted octanol–water partition coefficient (Wildman–Crippen LogP) is 4.67. The topological polar surface area (TPSA) is 38.3 Å². The molecule has 0 aliphatic heterocycles. The van der Waals surface area contributed by atoms with Crippen molar-refractivity contribution in [2.24, 2.45) is 5.92 Å². The Kier molecular flexibility index (Phi) is 5.07. The van der Waals surface area contributed by atoms with Crippen LogP contribution in [0.25, 0.3) is 0 Å². The van der Waals surface area contributed by atoms with Gasteiger partial charge in [-0.25, -0.2) is 4.39 Å². The van der Waals surface area contributed by atoms with Crippen LogP contribution in [-0.2, 0) is 5.54 Å². The number of ether oxygens (including phenoxy) is 1. The molecule has 0 spiro atoms. The van der Waals surface area contributed by atoms with Crippen LogP contribution in [-0.4, -0.2) is 12.5 Å². The van der Waals surface area contributed by atoms with Crippen LogP contribution < -0.4 is 10.1 Å². The van der Waals surface area contributed by atoms with Gasteiger partial charge in [0.25, 0.3) is 5.91 Å². The van der Waals surface area contributed by atoms with Gasteiger partial charge in [0.1, 0.15) is 11.6 Å². The molecule has 2 aromatic rings. The summed E-state index contributed by atoms with van der Waals surface area (Å²) >= 11 is 0. The minimum absolute atomic E-state index is 0.126. The lowest BCUT2D eigenvalue weighted by atomic mass is 9.71. The van der Waals surface area contributed by atoms with E-state index < -0.39 is 0 Å². The summed E-state index contributed by atoms with van der Waals surface area (Å²) in [6, 6.07) is 13.7. The maximum absolute atomic E-state index is 13.2. The quantitative estimate of drug-likeness (QED) is 0.829. The number of hydrogen-bond acceptors (Lipinski definition) is 2. The highest BCUT2D eigenvalue weighted by Gasteiger charge is 2.40. The smallest absolute Gasteiger partial charge is 0.252 e. The molecular weight excluding hydrogens is 317 g/mol. The van der Waals surface area contributed by atoms with E-state index >= 15 is 0 Å². The Bertz CT molecular complexity index is 736. The molecule has 0 atom stereocenters. The number of amides is 1. The first-order valence-electron chi connectivity index (χ1n) is 8.80. The van der Waals surface area contributed by atoms with Crippen molar-refractivity contribution < 1.29 is 13.9 Å². The maximum atomic E-state index is 13.2. The monoisotopic (exact) mass is 341 g/mol. The van der Waals surface area contributed by atoms with Crippen molar-refractivity contribution >= 4 is 5.91 Å². The van der Waals surface area contributed by atoms with Crippen LogP contribution in [0.15, 0.2) is 48.5 Å². The third-order valence-corrected chi connectivity index (χ3v) is 4.64. The molecule has 0 heterocycles. The molecule has 1 aliphatic carbocycles. The predicted molar refractivity (Wildman–Crippen MR) is 96.2 cm³/mol. The van der Waals surface area contributed by atoms with Crippen molar-refractivity contribution in [3.05, 3.63) is 65.5 Å². The Morgan fingerprint density at radius 3 is 2.52 bits per heavy atom. The van der Waals surface area contributed by atoms with Gasteiger partial charge in [-0.3, -0.25) is 4.79 Å². The van der Waals surface area contributed by atoms with Crippen molar-refractivity contribution in [2.75, 3.05) is 6.61 Å². The zero-order valence-corrected chi connectivity index (χ0v) is 14.7. The van der Waals surface area contributed by atoms with Gasteiger partial charge in [0, 0.05) is 5.56 Å². The number of benzene rings is 2. The van der Waals surface area contributed by atoms with Crippen molar-refractivity contribution in [3.8, 4) is 5.75 Å². The number of halogens is 1. The molecule has 132 valence electrons. The van der Waals surface area contributed by atoms with Gasteiger partial charge < -0.3 is 10.1 Å². The van der Waals surface area contributed by atoms with E-state index in [4.69, 9.17) is 4.74 Å².